The van der Waals surface area contributed by atoms with Crippen molar-refractivity contribution in [2.24, 2.45) is 5.92 Å². The number of hydrogen-bond acceptors (Lipinski definition) is 1. The van der Waals surface area contributed by atoms with Crippen LogP contribution in [0.2, 0.25) is 0 Å². The Labute approximate surface area is 103 Å². The Morgan fingerprint density at radius 3 is 2.76 bits per heavy atom. The van der Waals surface area contributed by atoms with Gasteiger partial charge in [-0.1, -0.05) is 66.3 Å². The molecule has 1 aromatic carbocycles. The molecule has 1 aliphatic rings. The molecule has 0 radical (unpaired) electrons. The summed E-state index contributed by atoms with van der Waals surface area (Å²) >= 11 is 0. The molecule has 2 unspecified atom stereocenters. The quantitative estimate of drug-likeness (QED) is 0.835. The average Bonchev–Trinajstić information content (AvgIpc) is 2.35. The topological polar surface area (TPSA) is 20.2 Å². The van der Waals surface area contributed by atoms with Crippen LogP contribution in [-0.4, -0.2) is 11.2 Å². The van der Waals surface area contributed by atoms with Crippen LogP contribution in [0.15, 0.2) is 60.2 Å². The molecule has 88 valence electrons. The van der Waals surface area contributed by atoms with E-state index in [-0.39, 0.29) is 12.0 Å². The molecule has 0 spiro atoms. The molecule has 1 nitrogen and oxygen atoms in total. The number of hydrogen-bond donors (Lipinski definition) is 1. The van der Waals surface area contributed by atoms with E-state index in [0.29, 0.717) is 0 Å². The molecule has 1 heteroatoms. The predicted octanol–water partition coefficient (Wildman–Crippen LogP) is 3.58. The Morgan fingerprint density at radius 1 is 1.24 bits per heavy atom. The van der Waals surface area contributed by atoms with Crippen molar-refractivity contribution in [1.82, 2.24) is 0 Å². The van der Waals surface area contributed by atoms with E-state index in [1.165, 1.54) is 11.1 Å². The van der Waals surface area contributed by atoms with Gasteiger partial charge in [0.25, 0.3) is 0 Å². The highest BCUT2D eigenvalue weighted by Crippen LogP contribution is 2.21. The smallest absolute Gasteiger partial charge is 0.0789 e. The van der Waals surface area contributed by atoms with Crippen LogP contribution in [0, 0.1) is 5.92 Å². The van der Waals surface area contributed by atoms with Gasteiger partial charge < -0.3 is 5.11 Å². The number of rotatable bonds is 3. The van der Waals surface area contributed by atoms with Crippen molar-refractivity contribution in [3.8, 4) is 0 Å². The van der Waals surface area contributed by atoms with Gasteiger partial charge in [0.05, 0.1) is 6.10 Å². The second-order valence-electron chi connectivity index (χ2n) is 4.47. The van der Waals surface area contributed by atoms with Crippen molar-refractivity contribution in [3.05, 3.63) is 65.8 Å². The summed E-state index contributed by atoms with van der Waals surface area (Å²) in [6.45, 7) is 2.07. The molecule has 0 saturated carbocycles. The van der Waals surface area contributed by atoms with E-state index in [9.17, 15) is 5.11 Å². The van der Waals surface area contributed by atoms with E-state index in [1.54, 1.807) is 0 Å². The lowest BCUT2D eigenvalue weighted by atomic mass is 9.91. The van der Waals surface area contributed by atoms with Gasteiger partial charge in [-0.25, -0.2) is 0 Å². The minimum absolute atomic E-state index is 0.208. The first-order valence-electron chi connectivity index (χ1n) is 6.02. The second kappa shape index (κ2) is 5.65. The van der Waals surface area contributed by atoms with Crippen LogP contribution in [0.4, 0.5) is 0 Å². The van der Waals surface area contributed by atoms with E-state index in [0.717, 1.165) is 6.42 Å². The average molecular weight is 226 g/mol. The number of allylic oxidation sites excluding steroid dienone is 3. The first-order valence-corrected chi connectivity index (χ1v) is 6.02. The molecule has 0 heterocycles. The molecule has 17 heavy (non-hydrogen) atoms. The molecular weight excluding hydrogens is 208 g/mol. The van der Waals surface area contributed by atoms with E-state index in [2.05, 4.69) is 37.3 Å². The molecule has 1 N–H and O–H groups in total. The van der Waals surface area contributed by atoms with Crippen LogP contribution in [0.1, 0.15) is 18.9 Å². The molecule has 0 aromatic heterocycles. The standard InChI is InChI=1S/C16H18O/c1-13-10-11-16(17)15(12-13)9-5-8-14-6-3-2-4-7-14/h2-8,10-12,15-17H,9H2,1H3. The molecule has 2 atom stereocenters. The summed E-state index contributed by atoms with van der Waals surface area (Å²) in [6, 6.07) is 10.2. The third-order valence-corrected chi connectivity index (χ3v) is 2.99. The maximum atomic E-state index is 9.82. The lowest BCUT2D eigenvalue weighted by Crippen LogP contribution is -2.18. The molecule has 1 aliphatic carbocycles. The Balaban J connectivity index is 1.94. The molecule has 0 fully saturated rings. The highest BCUT2D eigenvalue weighted by molar-refractivity contribution is 5.48. The largest absolute Gasteiger partial charge is 0.388 e. The lowest BCUT2D eigenvalue weighted by molar-refractivity contribution is 0.175. The van der Waals surface area contributed by atoms with E-state index in [4.69, 9.17) is 0 Å². The third-order valence-electron chi connectivity index (χ3n) is 2.99. The number of aliphatic hydroxyl groups is 1. The molecule has 0 amide bonds. The molecule has 0 saturated heterocycles. The van der Waals surface area contributed by atoms with Crippen molar-refractivity contribution in [2.45, 2.75) is 19.4 Å². The Hall–Kier alpha value is -1.60. The Morgan fingerprint density at radius 2 is 2.00 bits per heavy atom. The van der Waals surface area contributed by atoms with Gasteiger partial charge in [0, 0.05) is 5.92 Å². The van der Waals surface area contributed by atoms with Gasteiger partial charge in [-0.15, -0.1) is 0 Å². The summed E-state index contributed by atoms with van der Waals surface area (Å²) in [5.41, 5.74) is 2.43. The Bertz CT molecular complexity index is 440. The first-order chi connectivity index (χ1) is 8.25. The van der Waals surface area contributed by atoms with Crippen molar-refractivity contribution < 1.29 is 5.11 Å². The van der Waals surface area contributed by atoms with Crippen molar-refractivity contribution in [2.75, 3.05) is 0 Å². The fourth-order valence-electron chi connectivity index (χ4n) is 2.02. The fraction of sp³-hybridized carbons (Fsp3) is 0.250. The van der Waals surface area contributed by atoms with Crippen LogP contribution in [0.25, 0.3) is 6.08 Å². The minimum Gasteiger partial charge on any atom is -0.388 e. The fourth-order valence-corrected chi connectivity index (χ4v) is 2.02. The predicted molar refractivity (Wildman–Crippen MR) is 72.5 cm³/mol. The lowest BCUT2D eigenvalue weighted by Gasteiger charge is -2.19. The molecular formula is C16H18O. The first kappa shape index (κ1) is 11.9. The van der Waals surface area contributed by atoms with Crippen LogP contribution >= 0.6 is 0 Å². The third kappa shape index (κ3) is 3.43. The van der Waals surface area contributed by atoms with Crippen molar-refractivity contribution in [3.63, 3.8) is 0 Å². The van der Waals surface area contributed by atoms with Gasteiger partial charge in [0.15, 0.2) is 0 Å². The Kier molecular flexibility index (Phi) is 3.94. The highest BCUT2D eigenvalue weighted by Gasteiger charge is 2.15. The van der Waals surface area contributed by atoms with Gasteiger partial charge in [0.2, 0.25) is 0 Å². The summed E-state index contributed by atoms with van der Waals surface area (Å²) in [5.74, 6) is 0.208. The summed E-state index contributed by atoms with van der Waals surface area (Å²) in [5, 5.41) is 9.82. The maximum Gasteiger partial charge on any atom is 0.0789 e. The van der Waals surface area contributed by atoms with Crippen LogP contribution in [-0.2, 0) is 0 Å². The van der Waals surface area contributed by atoms with Crippen LogP contribution in [0.5, 0.6) is 0 Å². The summed E-state index contributed by atoms with van der Waals surface area (Å²) < 4.78 is 0. The molecule has 1 aromatic rings. The maximum absolute atomic E-state index is 9.82. The van der Waals surface area contributed by atoms with Gasteiger partial charge in [0.1, 0.15) is 0 Å². The molecule has 0 aliphatic heterocycles. The zero-order valence-electron chi connectivity index (χ0n) is 10.1. The summed E-state index contributed by atoms with van der Waals surface area (Å²) in [4.78, 5) is 0. The minimum atomic E-state index is -0.348. The highest BCUT2D eigenvalue weighted by atomic mass is 16.3. The number of aliphatic hydroxyl groups excluding tert-OH is 1. The van der Waals surface area contributed by atoms with Crippen LogP contribution < -0.4 is 0 Å². The van der Waals surface area contributed by atoms with Gasteiger partial charge in [-0.05, 0) is 18.9 Å². The van der Waals surface area contributed by atoms with Gasteiger partial charge in [-0.2, -0.15) is 0 Å². The normalized spacial score (nSPS) is 24.0. The van der Waals surface area contributed by atoms with Crippen molar-refractivity contribution in [1.29, 1.82) is 0 Å². The monoisotopic (exact) mass is 226 g/mol. The molecule has 0 bridgehead atoms. The van der Waals surface area contributed by atoms with E-state index in [1.807, 2.05) is 30.4 Å². The van der Waals surface area contributed by atoms with Gasteiger partial charge >= 0.3 is 0 Å². The van der Waals surface area contributed by atoms with Crippen molar-refractivity contribution >= 4 is 6.08 Å². The van der Waals surface area contributed by atoms with Crippen LogP contribution in [0.3, 0.4) is 0 Å². The van der Waals surface area contributed by atoms with Gasteiger partial charge in [-0.3, -0.25) is 0 Å². The zero-order chi connectivity index (χ0) is 12.1. The summed E-state index contributed by atoms with van der Waals surface area (Å²) in [6.07, 6.45) is 10.7. The second-order valence-corrected chi connectivity index (χ2v) is 4.47. The van der Waals surface area contributed by atoms with E-state index >= 15 is 0 Å². The van der Waals surface area contributed by atoms with E-state index < -0.39 is 0 Å². The molecule has 2 rings (SSSR count). The summed E-state index contributed by atoms with van der Waals surface area (Å²) in [7, 11) is 0. The number of benzene rings is 1. The SMILES string of the molecule is CC1=CC(CC=Cc2ccccc2)C(O)C=C1. The zero-order valence-corrected chi connectivity index (χ0v) is 10.1.